The highest BCUT2D eigenvalue weighted by atomic mass is 19.1. The number of hydrogen-bond donors (Lipinski definition) is 1. The van der Waals surface area contributed by atoms with Crippen molar-refractivity contribution in [2.75, 3.05) is 11.9 Å². The molecule has 0 radical (unpaired) electrons. The molecule has 1 atom stereocenters. The molecular formula is C16H15F2N. The van der Waals surface area contributed by atoms with Gasteiger partial charge in [-0.3, -0.25) is 0 Å². The molecule has 1 aliphatic rings. The van der Waals surface area contributed by atoms with E-state index < -0.39 is 11.6 Å². The number of hydrogen-bond acceptors (Lipinski definition) is 1. The number of anilines is 1. The maximum Gasteiger partial charge on any atom is 0.129 e. The number of fused-ring (bicyclic) bond motifs is 1. The molecule has 0 spiro atoms. The molecule has 98 valence electrons. The molecule has 1 heterocycles. The Balaban J connectivity index is 1.88. The van der Waals surface area contributed by atoms with Gasteiger partial charge in [0.15, 0.2) is 0 Å². The van der Waals surface area contributed by atoms with Crippen molar-refractivity contribution in [3.63, 3.8) is 0 Å². The highest BCUT2D eigenvalue weighted by molar-refractivity contribution is 5.55. The van der Waals surface area contributed by atoms with Gasteiger partial charge in [0.25, 0.3) is 0 Å². The molecule has 0 fully saturated rings. The monoisotopic (exact) mass is 259 g/mol. The minimum absolute atomic E-state index is 0.289. The van der Waals surface area contributed by atoms with Crippen LogP contribution >= 0.6 is 0 Å². The standard InChI is InChI=1S/C16H15F2N/c17-13-6-5-12(15(18)10-13)9-11-7-8-19-16-4-2-1-3-14(11)16/h1-6,10-11,19H,7-9H2. The zero-order valence-corrected chi connectivity index (χ0v) is 10.5. The number of nitrogens with one attached hydrogen (secondary N) is 1. The van der Waals surface area contributed by atoms with Crippen LogP contribution < -0.4 is 5.32 Å². The van der Waals surface area contributed by atoms with E-state index in [1.54, 1.807) is 6.07 Å². The third-order valence-electron chi connectivity index (χ3n) is 3.69. The van der Waals surface area contributed by atoms with Gasteiger partial charge in [-0.1, -0.05) is 24.3 Å². The van der Waals surface area contributed by atoms with Gasteiger partial charge < -0.3 is 5.32 Å². The second-order valence-electron chi connectivity index (χ2n) is 4.94. The van der Waals surface area contributed by atoms with Crippen LogP contribution in [0.1, 0.15) is 23.5 Å². The first-order valence-corrected chi connectivity index (χ1v) is 6.51. The SMILES string of the molecule is Fc1ccc(CC2CCNc3ccccc32)c(F)c1. The van der Waals surface area contributed by atoms with Crippen LogP contribution in [0.25, 0.3) is 0 Å². The lowest BCUT2D eigenvalue weighted by molar-refractivity contribution is 0.552. The van der Waals surface area contributed by atoms with Crippen molar-refractivity contribution in [3.05, 3.63) is 65.2 Å². The van der Waals surface area contributed by atoms with Gasteiger partial charge in [0.1, 0.15) is 11.6 Å². The van der Waals surface area contributed by atoms with E-state index in [-0.39, 0.29) is 5.92 Å². The molecule has 0 amide bonds. The summed E-state index contributed by atoms with van der Waals surface area (Å²) in [5.41, 5.74) is 2.93. The second-order valence-corrected chi connectivity index (χ2v) is 4.94. The minimum Gasteiger partial charge on any atom is -0.385 e. The first kappa shape index (κ1) is 12.2. The Kier molecular flexibility index (Phi) is 3.20. The highest BCUT2D eigenvalue weighted by Crippen LogP contribution is 2.34. The van der Waals surface area contributed by atoms with Gasteiger partial charge in [-0.05, 0) is 42.0 Å². The normalized spacial score (nSPS) is 17.7. The Labute approximate surface area is 111 Å². The first-order chi connectivity index (χ1) is 9.24. The van der Waals surface area contributed by atoms with E-state index in [9.17, 15) is 8.78 Å². The highest BCUT2D eigenvalue weighted by Gasteiger charge is 2.21. The Morgan fingerprint density at radius 2 is 1.95 bits per heavy atom. The van der Waals surface area contributed by atoms with Crippen LogP contribution in [0.15, 0.2) is 42.5 Å². The largest absolute Gasteiger partial charge is 0.385 e. The zero-order chi connectivity index (χ0) is 13.2. The van der Waals surface area contributed by atoms with Crippen LogP contribution in [0.3, 0.4) is 0 Å². The van der Waals surface area contributed by atoms with E-state index in [2.05, 4.69) is 11.4 Å². The smallest absolute Gasteiger partial charge is 0.129 e. The fourth-order valence-electron chi connectivity index (χ4n) is 2.72. The molecule has 1 N–H and O–H groups in total. The molecule has 0 saturated carbocycles. The van der Waals surface area contributed by atoms with E-state index in [4.69, 9.17) is 0 Å². The summed E-state index contributed by atoms with van der Waals surface area (Å²) in [6, 6.07) is 12.0. The molecule has 3 heteroatoms. The summed E-state index contributed by atoms with van der Waals surface area (Å²) < 4.78 is 26.6. The molecule has 0 bridgehead atoms. The van der Waals surface area contributed by atoms with Crippen LogP contribution in [-0.4, -0.2) is 6.54 Å². The lowest BCUT2D eigenvalue weighted by Crippen LogP contribution is -2.18. The molecule has 19 heavy (non-hydrogen) atoms. The van der Waals surface area contributed by atoms with Gasteiger partial charge in [0, 0.05) is 18.3 Å². The molecule has 2 aromatic rings. The number of rotatable bonds is 2. The third-order valence-corrected chi connectivity index (χ3v) is 3.69. The van der Waals surface area contributed by atoms with Gasteiger partial charge in [-0.15, -0.1) is 0 Å². The summed E-state index contributed by atoms with van der Waals surface area (Å²) >= 11 is 0. The van der Waals surface area contributed by atoms with Gasteiger partial charge >= 0.3 is 0 Å². The molecule has 2 aromatic carbocycles. The molecule has 3 rings (SSSR count). The molecule has 1 nitrogen and oxygen atoms in total. The summed E-state index contributed by atoms with van der Waals surface area (Å²) in [4.78, 5) is 0. The molecular weight excluding hydrogens is 244 g/mol. The Hall–Kier alpha value is -1.90. The molecule has 1 aliphatic heterocycles. The van der Waals surface area contributed by atoms with Crippen LogP contribution in [0.5, 0.6) is 0 Å². The van der Waals surface area contributed by atoms with Crippen molar-refractivity contribution < 1.29 is 8.78 Å². The van der Waals surface area contributed by atoms with Crippen molar-refractivity contribution in [1.82, 2.24) is 0 Å². The molecule has 0 saturated heterocycles. The van der Waals surface area contributed by atoms with E-state index in [0.29, 0.717) is 12.0 Å². The lowest BCUT2D eigenvalue weighted by atomic mass is 9.86. The number of benzene rings is 2. The maximum atomic E-state index is 13.7. The van der Waals surface area contributed by atoms with Crippen molar-refractivity contribution in [1.29, 1.82) is 0 Å². The second kappa shape index (κ2) is 5.00. The van der Waals surface area contributed by atoms with Crippen LogP contribution in [0.2, 0.25) is 0 Å². The summed E-state index contributed by atoms with van der Waals surface area (Å²) in [6.07, 6.45) is 1.58. The Bertz CT molecular complexity index is 595. The summed E-state index contributed by atoms with van der Waals surface area (Å²) in [5.74, 6) is -0.680. The van der Waals surface area contributed by atoms with Crippen molar-refractivity contribution in [2.24, 2.45) is 0 Å². The minimum atomic E-state index is -0.521. The molecule has 0 aliphatic carbocycles. The Morgan fingerprint density at radius 1 is 1.11 bits per heavy atom. The molecule has 1 unspecified atom stereocenters. The van der Waals surface area contributed by atoms with E-state index in [1.807, 2.05) is 18.2 Å². The first-order valence-electron chi connectivity index (χ1n) is 6.51. The zero-order valence-electron chi connectivity index (χ0n) is 10.5. The van der Waals surface area contributed by atoms with E-state index >= 15 is 0 Å². The van der Waals surface area contributed by atoms with Crippen LogP contribution in [0, 0.1) is 11.6 Å². The predicted octanol–water partition coefficient (Wildman–Crippen LogP) is 4.11. The number of para-hydroxylation sites is 1. The van der Waals surface area contributed by atoms with Gasteiger partial charge in [0.05, 0.1) is 0 Å². The average Bonchev–Trinajstić information content (AvgIpc) is 2.42. The quantitative estimate of drug-likeness (QED) is 0.856. The maximum absolute atomic E-state index is 13.7. The summed E-state index contributed by atoms with van der Waals surface area (Å²) in [7, 11) is 0. The topological polar surface area (TPSA) is 12.0 Å². The average molecular weight is 259 g/mol. The van der Waals surface area contributed by atoms with Crippen molar-refractivity contribution >= 4 is 5.69 Å². The van der Waals surface area contributed by atoms with Crippen LogP contribution in [0.4, 0.5) is 14.5 Å². The van der Waals surface area contributed by atoms with Gasteiger partial charge in [0.2, 0.25) is 0 Å². The lowest BCUT2D eigenvalue weighted by Gasteiger charge is -2.26. The fraction of sp³-hybridized carbons (Fsp3) is 0.250. The van der Waals surface area contributed by atoms with Gasteiger partial charge in [-0.2, -0.15) is 0 Å². The fourth-order valence-corrected chi connectivity index (χ4v) is 2.72. The number of halogens is 2. The van der Waals surface area contributed by atoms with Crippen molar-refractivity contribution in [3.8, 4) is 0 Å². The van der Waals surface area contributed by atoms with E-state index in [0.717, 1.165) is 24.7 Å². The van der Waals surface area contributed by atoms with Gasteiger partial charge in [-0.25, -0.2) is 8.78 Å². The third kappa shape index (κ3) is 2.46. The molecule has 0 aromatic heterocycles. The summed E-state index contributed by atoms with van der Waals surface area (Å²) in [5, 5.41) is 3.35. The van der Waals surface area contributed by atoms with Crippen molar-refractivity contribution in [2.45, 2.75) is 18.8 Å². The van der Waals surface area contributed by atoms with Crippen LogP contribution in [-0.2, 0) is 6.42 Å². The summed E-state index contributed by atoms with van der Waals surface area (Å²) in [6.45, 7) is 0.893. The Morgan fingerprint density at radius 3 is 2.79 bits per heavy atom. The van der Waals surface area contributed by atoms with E-state index in [1.165, 1.54) is 11.6 Å². The predicted molar refractivity (Wildman–Crippen MR) is 72.4 cm³/mol.